The van der Waals surface area contributed by atoms with Gasteiger partial charge in [0.25, 0.3) is 17.0 Å². The largest absolute Gasteiger partial charge is 0.464 e. The molecule has 2 aromatic rings. The summed E-state index contributed by atoms with van der Waals surface area (Å²) in [5.41, 5.74) is 1.90. The Bertz CT molecular complexity index is 1030. The molecule has 0 atom stereocenters. The predicted molar refractivity (Wildman–Crippen MR) is 134 cm³/mol. The van der Waals surface area contributed by atoms with Crippen LogP contribution in [0.2, 0.25) is 0 Å². The number of carbonyl (C=O) groups excluding carboxylic acids is 1. The molecule has 1 aliphatic heterocycles. The number of alkyl halides is 2. The van der Waals surface area contributed by atoms with Gasteiger partial charge in [0.2, 0.25) is 0 Å². The van der Waals surface area contributed by atoms with Crippen LogP contribution in [0.1, 0.15) is 55.2 Å². The molecular weight excluding hydrogens is 470 g/mol. The van der Waals surface area contributed by atoms with Gasteiger partial charge in [0, 0.05) is 49.6 Å². The Labute approximate surface area is 209 Å². The lowest BCUT2D eigenvalue weighted by molar-refractivity contribution is -0.113. The lowest BCUT2D eigenvalue weighted by Gasteiger charge is -2.30. The Balaban J connectivity index is 1.15. The molecule has 0 aromatic carbocycles. The second-order valence-corrected chi connectivity index (χ2v) is 10.6. The van der Waals surface area contributed by atoms with Crippen molar-refractivity contribution in [1.29, 1.82) is 0 Å². The molecular formula is C26H32F2N4O2S. The van der Waals surface area contributed by atoms with Gasteiger partial charge in [-0.3, -0.25) is 14.7 Å². The van der Waals surface area contributed by atoms with Crippen molar-refractivity contribution in [1.82, 2.24) is 14.9 Å². The topological polar surface area (TPSA) is 67.7 Å². The van der Waals surface area contributed by atoms with Crippen LogP contribution in [0.5, 0.6) is 5.19 Å². The lowest BCUT2D eigenvalue weighted by atomic mass is 9.81. The fraction of sp³-hybridized carbons (Fsp3) is 0.538. The normalized spacial score (nSPS) is 21.5. The van der Waals surface area contributed by atoms with Crippen molar-refractivity contribution in [2.24, 2.45) is 16.8 Å². The number of hydrogen-bond acceptors (Lipinski definition) is 6. The number of thiazole rings is 1. The first kappa shape index (κ1) is 25.6. The zero-order valence-electron chi connectivity index (χ0n) is 20.0. The van der Waals surface area contributed by atoms with Gasteiger partial charge in [0.05, 0.1) is 5.69 Å². The van der Waals surface area contributed by atoms with E-state index in [1.807, 2.05) is 18.3 Å². The number of fused-ring (bicyclic) bond motifs is 1. The maximum Gasteiger partial charge on any atom is 0.278 e. The molecule has 0 saturated heterocycles. The lowest BCUT2D eigenvalue weighted by Crippen LogP contribution is -2.32. The third-order valence-corrected chi connectivity index (χ3v) is 7.59. The molecule has 35 heavy (non-hydrogen) atoms. The van der Waals surface area contributed by atoms with Gasteiger partial charge in [-0.2, -0.15) is 0 Å². The molecule has 1 amide bonds. The van der Waals surface area contributed by atoms with Crippen LogP contribution in [0.4, 0.5) is 8.78 Å². The fourth-order valence-electron chi connectivity index (χ4n) is 4.53. The minimum atomic E-state index is -2.85. The monoisotopic (exact) mass is 502 g/mol. The third-order valence-electron chi connectivity index (χ3n) is 6.52. The van der Waals surface area contributed by atoms with Gasteiger partial charge in [-0.05, 0) is 80.7 Å². The van der Waals surface area contributed by atoms with Crippen molar-refractivity contribution in [2.75, 3.05) is 19.7 Å². The smallest absolute Gasteiger partial charge is 0.278 e. The van der Waals surface area contributed by atoms with E-state index in [0.717, 1.165) is 81.2 Å². The van der Waals surface area contributed by atoms with Gasteiger partial charge in [-0.1, -0.05) is 11.3 Å². The van der Waals surface area contributed by atoms with E-state index in [4.69, 9.17) is 4.74 Å². The van der Waals surface area contributed by atoms with Crippen LogP contribution in [0.15, 0.2) is 35.6 Å². The molecule has 1 fully saturated rings. The molecule has 0 radical (unpaired) electrons. The van der Waals surface area contributed by atoms with Crippen molar-refractivity contribution in [3.63, 3.8) is 0 Å². The number of aliphatic imine (C=N–C) groups is 1. The van der Waals surface area contributed by atoms with Crippen LogP contribution in [0, 0.1) is 11.8 Å². The molecule has 1 saturated carbocycles. The first-order valence-corrected chi connectivity index (χ1v) is 13.0. The van der Waals surface area contributed by atoms with E-state index in [0.29, 0.717) is 17.0 Å². The number of hydrogen-bond donors (Lipinski definition) is 0. The SMILES string of the molecule is CC(F)(F)COc1nc2c(s1)CCN(CCC1CCC(C=NC(=O)/C=C/c3ccncc3)CC1)C2. The summed E-state index contributed by atoms with van der Waals surface area (Å²) in [6, 6.07) is 3.69. The number of halogens is 2. The number of amides is 1. The van der Waals surface area contributed by atoms with Crippen molar-refractivity contribution < 1.29 is 18.3 Å². The average molecular weight is 503 g/mol. The van der Waals surface area contributed by atoms with Crippen LogP contribution >= 0.6 is 11.3 Å². The maximum absolute atomic E-state index is 13.0. The van der Waals surface area contributed by atoms with Crippen LogP contribution in [0.25, 0.3) is 6.08 Å². The highest BCUT2D eigenvalue weighted by atomic mass is 32.1. The Morgan fingerprint density at radius 2 is 2.06 bits per heavy atom. The Hall–Kier alpha value is -2.52. The average Bonchev–Trinajstić information content (AvgIpc) is 3.27. The molecule has 0 N–H and O–H groups in total. The quantitative estimate of drug-likeness (QED) is 0.338. The van der Waals surface area contributed by atoms with Gasteiger partial charge in [-0.25, -0.2) is 18.8 Å². The molecule has 0 unspecified atom stereocenters. The van der Waals surface area contributed by atoms with E-state index in [1.165, 1.54) is 17.4 Å². The van der Waals surface area contributed by atoms with E-state index in [9.17, 15) is 13.6 Å². The Kier molecular flexibility index (Phi) is 8.73. The first-order valence-electron chi connectivity index (χ1n) is 12.2. The molecule has 4 rings (SSSR count). The molecule has 6 nitrogen and oxygen atoms in total. The second kappa shape index (κ2) is 11.9. The van der Waals surface area contributed by atoms with Crippen LogP contribution < -0.4 is 4.74 Å². The van der Waals surface area contributed by atoms with E-state index in [1.54, 1.807) is 18.5 Å². The van der Waals surface area contributed by atoms with Crippen molar-refractivity contribution in [3.05, 3.63) is 46.7 Å². The molecule has 2 aromatic heterocycles. The Morgan fingerprint density at radius 1 is 1.29 bits per heavy atom. The minimum absolute atomic E-state index is 0.229. The van der Waals surface area contributed by atoms with Gasteiger partial charge in [-0.15, -0.1) is 0 Å². The van der Waals surface area contributed by atoms with E-state index in [-0.39, 0.29) is 5.91 Å². The molecule has 0 spiro atoms. The fourth-order valence-corrected chi connectivity index (χ4v) is 5.43. The number of rotatable bonds is 9. The summed E-state index contributed by atoms with van der Waals surface area (Å²) in [6.07, 6.45) is 14.9. The van der Waals surface area contributed by atoms with E-state index < -0.39 is 12.5 Å². The van der Waals surface area contributed by atoms with Crippen molar-refractivity contribution in [2.45, 2.75) is 57.9 Å². The summed E-state index contributed by atoms with van der Waals surface area (Å²) in [4.78, 5) is 28.1. The Morgan fingerprint density at radius 3 is 2.80 bits per heavy atom. The second-order valence-electron chi connectivity index (χ2n) is 9.53. The molecule has 188 valence electrons. The molecule has 1 aliphatic carbocycles. The number of aromatic nitrogens is 2. The predicted octanol–water partition coefficient (Wildman–Crippen LogP) is 5.44. The maximum atomic E-state index is 13.0. The number of carbonyl (C=O) groups is 1. The zero-order chi connectivity index (χ0) is 24.7. The molecule has 2 aliphatic rings. The molecule has 9 heteroatoms. The highest BCUT2D eigenvalue weighted by Gasteiger charge is 2.26. The van der Waals surface area contributed by atoms with Crippen LogP contribution in [-0.4, -0.2) is 52.6 Å². The summed E-state index contributed by atoms with van der Waals surface area (Å²) in [5, 5.41) is 0.352. The number of pyridine rings is 1. The summed E-state index contributed by atoms with van der Waals surface area (Å²) in [5.74, 6) is -2.03. The van der Waals surface area contributed by atoms with E-state index in [2.05, 4.69) is 19.9 Å². The number of ether oxygens (including phenoxy) is 1. The summed E-state index contributed by atoms with van der Waals surface area (Å²) in [7, 11) is 0. The van der Waals surface area contributed by atoms with Crippen molar-refractivity contribution in [3.8, 4) is 5.19 Å². The third kappa shape index (κ3) is 8.28. The van der Waals surface area contributed by atoms with Crippen LogP contribution in [-0.2, 0) is 17.8 Å². The van der Waals surface area contributed by atoms with Gasteiger partial charge < -0.3 is 4.74 Å². The first-order chi connectivity index (χ1) is 16.8. The van der Waals surface area contributed by atoms with Gasteiger partial charge in [0.1, 0.15) is 0 Å². The standard InChI is InChI=1S/C26H32F2N4O2S/c1-26(27,28)18-34-25-31-22-17-32(15-11-23(22)35-25)14-10-19-2-4-21(5-3-19)16-30-24(33)7-6-20-8-12-29-13-9-20/h6-9,12-13,16,19,21H,2-5,10-11,14-15,17-18H2,1H3/b7-6+,30-16?. The summed E-state index contributed by atoms with van der Waals surface area (Å²) in [6.45, 7) is 2.96. The van der Waals surface area contributed by atoms with Gasteiger partial charge >= 0.3 is 0 Å². The van der Waals surface area contributed by atoms with E-state index >= 15 is 0 Å². The van der Waals surface area contributed by atoms with Gasteiger partial charge in [0.15, 0.2) is 6.61 Å². The minimum Gasteiger partial charge on any atom is -0.464 e. The number of nitrogens with zero attached hydrogens (tertiary/aromatic N) is 4. The van der Waals surface area contributed by atoms with Crippen LogP contribution in [0.3, 0.4) is 0 Å². The zero-order valence-corrected chi connectivity index (χ0v) is 20.9. The highest BCUT2D eigenvalue weighted by molar-refractivity contribution is 7.13. The summed E-state index contributed by atoms with van der Waals surface area (Å²) < 4.78 is 31.3. The summed E-state index contributed by atoms with van der Waals surface area (Å²) >= 11 is 1.40. The molecule has 3 heterocycles. The molecule has 0 bridgehead atoms. The highest BCUT2D eigenvalue weighted by Crippen LogP contribution is 2.33. The van der Waals surface area contributed by atoms with Crippen molar-refractivity contribution >= 4 is 29.5 Å².